The van der Waals surface area contributed by atoms with Crippen LogP contribution < -0.4 is 5.73 Å². The Morgan fingerprint density at radius 1 is 1.29 bits per heavy atom. The van der Waals surface area contributed by atoms with E-state index in [0.29, 0.717) is 6.54 Å². The quantitative estimate of drug-likeness (QED) is 0.774. The van der Waals surface area contributed by atoms with Crippen LogP contribution in [-0.2, 0) is 9.53 Å². The molecular weight excluding hydrogens is 324 g/mol. The molecule has 1 amide bonds. The lowest BCUT2D eigenvalue weighted by Crippen LogP contribution is -2.42. The molecule has 0 bridgehead atoms. The summed E-state index contributed by atoms with van der Waals surface area (Å²) in [6.07, 6.45) is 4.39. The van der Waals surface area contributed by atoms with Gasteiger partial charge in [0.25, 0.3) is 5.91 Å². The largest absolute Gasteiger partial charge is 0.364 e. The van der Waals surface area contributed by atoms with Crippen LogP contribution in [0.25, 0.3) is 0 Å². The maximum Gasteiger partial charge on any atom is 0.252 e. The molecule has 1 aliphatic heterocycles. The molecule has 4 nitrogen and oxygen atoms in total. The number of halogens is 1. The summed E-state index contributed by atoms with van der Waals surface area (Å²) in [5, 5.41) is 0. The van der Waals surface area contributed by atoms with Gasteiger partial charge in [-0.15, -0.1) is 12.4 Å². The lowest BCUT2D eigenvalue weighted by atomic mass is 10.0. The summed E-state index contributed by atoms with van der Waals surface area (Å²) in [7, 11) is 0. The monoisotopic (exact) mass is 354 g/mol. The van der Waals surface area contributed by atoms with Crippen molar-refractivity contribution in [2.75, 3.05) is 13.1 Å². The minimum absolute atomic E-state index is 0. The second kappa shape index (κ2) is 10.7. The number of hydrogen-bond acceptors (Lipinski definition) is 3. The van der Waals surface area contributed by atoms with Crippen LogP contribution in [0.2, 0.25) is 0 Å². The molecule has 0 saturated carbocycles. The van der Waals surface area contributed by atoms with Crippen LogP contribution in [0.4, 0.5) is 0 Å². The summed E-state index contributed by atoms with van der Waals surface area (Å²) in [5.41, 5.74) is 6.88. The average Bonchev–Trinajstić information content (AvgIpc) is 3.08. The van der Waals surface area contributed by atoms with Gasteiger partial charge in [0.2, 0.25) is 0 Å². The van der Waals surface area contributed by atoms with Gasteiger partial charge in [-0.3, -0.25) is 4.79 Å². The fourth-order valence-corrected chi connectivity index (χ4v) is 3.30. The first-order valence-electron chi connectivity index (χ1n) is 8.92. The van der Waals surface area contributed by atoms with E-state index in [1.165, 1.54) is 5.56 Å². The molecule has 2 rings (SSSR count). The standard InChI is InChI=1S/C19H30N2O2.ClH/c1-3-5-13-21(17(4-2)15-9-7-6-8-10-15)19(22)18-12-11-16(14-20)23-18;/h6-10,16-18H,3-5,11-14,20H2,1-2H3;1H/t16-,17?,18+;/m1./s1. The number of unbranched alkanes of at least 4 members (excludes halogenated alkanes) is 1. The number of rotatable bonds is 8. The van der Waals surface area contributed by atoms with Gasteiger partial charge in [-0.25, -0.2) is 0 Å². The molecule has 1 fully saturated rings. The number of benzene rings is 1. The summed E-state index contributed by atoms with van der Waals surface area (Å²) in [6.45, 7) is 5.58. The molecule has 1 aliphatic rings. The Bertz CT molecular complexity index is 484. The van der Waals surface area contributed by atoms with E-state index in [2.05, 4.69) is 26.0 Å². The van der Waals surface area contributed by atoms with Gasteiger partial charge in [0, 0.05) is 13.1 Å². The topological polar surface area (TPSA) is 55.6 Å². The molecule has 2 N–H and O–H groups in total. The number of ether oxygens (including phenoxy) is 1. The highest BCUT2D eigenvalue weighted by Gasteiger charge is 2.35. The van der Waals surface area contributed by atoms with Gasteiger partial charge in [0.1, 0.15) is 6.10 Å². The Labute approximate surface area is 152 Å². The van der Waals surface area contributed by atoms with E-state index in [4.69, 9.17) is 10.5 Å². The summed E-state index contributed by atoms with van der Waals surface area (Å²) in [4.78, 5) is 15.1. The first-order chi connectivity index (χ1) is 11.2. The Morgan fingerprint density at radius 3 is 2.54 bits per heavy atom. The third kappa shape index (κ3) is 5.20. The smallest absolute Gasteiger partial charge is 0.252 e. The molecule has 1 aromatic carbocycles. The zero-order valence-corrected chi connectivity index (χ0v) is 15.6. The van der Waals surface area contributed by atoms with E-state index in [9.17, 15) is 4.79 Å². The van der Waals surface area contributed by atoms with Gasteiger partial charge in [0.15, 0.2) is 0 Å². The van der Waals surface area contributed by atoms with Crippen LogP contribution in [0.1, 0.15) is 57.6 Å². The van der Waals surface area contributed by atoms with Crippen LogP contribution in [0.5, 0.6) is 0 Å². The van der Waals surface area contributed by atoms with Crippen molar-refractivity contribution >= 4 is 18.3 Å². The van der Waals surface area contributed by atoms with E-state index in [-0.39, 0.29) is 36.6 Å². The van der Waals surface area contributed by atoms with Gasteiger partial charge in [-0.2, -0.15) is 0 Å². The summed E-state index contributed by atoms with van der Waals surface area (Å²) >= 11 is 0. The third-order valence-corrected chi connectivity index (χ3v) is 4.63. The Kier molecular flexibility index (Phi) is 9.34. The second-order valence-corrected chi connectivity index (χ2v) is 6.28. The predicted molar refractivity (Wildman–Crippen MR) is 100 cm³/mol. The van der Waals surface area contributed by atoms with Crippen molar-refractivity contribution in [3.05, 3.63) is 35.9 Å². The Hall–Kier alpha value is -1.10. The molecule has 136 valence electrons. The van der Waals surface area contributed by atoms with E-state index in [0.717, 1.165) is 38.6 Å². The SMILES string of the molecule is CCCCN(C(=O)[C@@H]1CC[C@H](CN)O1)C(CC)c1ccccc1.Cl. The lowest BCUT2D eigenvalue weighted by molar-refractivity contribution is -0.145. The normalized spacial score (nSPS) is 21.1. The molecule has 0 aromatic heterocycles. The van der Waals surface area contributed by atoms with E-state index in [1.54, 1.807) is 0 Å². The molecule has 3 atom stereocenters. The average molecular weight is 355 g/mol. The Morgan fingerprint density at radius 2 is 2.00 bits per heavy atom. The minimum atomic E-state index is -0.321. The van der Waals surface area contributed by atoms with Crippen LogP contribution in [0.15, 0.2) is 30.3 Å². The number of hydrogen-bond donors (Lipinski definition) is 1. The molecular formula is C19H31ClN2O2. The van der Waals surface area contributed by atoms with Gasteiger partial charge >= 0.3 is 0 Å². The second-order valence-electron chi connectivity index (χ2n) is 6.28. The molecule has 0 spiro atoms. The first kappa shape index (κ1) is 20.9. The maximum absolute atomic E-state index is 13.0. The molecule has 24 heavy (non-hydrogen) atoms. The zero-order chi connectivity index (χ0) is 16.7. The Balaban J connectivity index is 0.00000288. The molecule has 1 aromatic rings. The number of amides is 1. The van der Waals surface area contributed by atoms with Gasteiger partial charge in [0.05, 0.1) is 12.1 Å². The molecule has 0 radical (unpaired) electrons. The third-order valence-electron chi connectivity index (χ3n) is 4.63. The summed E-state index contributed by atoms with van der Waals surface area (Å²) in [6, 6.07) is 10.4. The van der Waals surface area contributed by atoms with Gasteiger partial charge in [-0.05, 0) is 31.2 Å². The highest BCUT2D eigenvalue weighted by Crippen LogP contribution is 2.29. The van der Waals surface area contributed by atoms with Crippen molar-refractivity contribution in [2.45, 2.75) is 64.2 Å². The number of carbonyl (C=O) groups is 1. The van der Waals surface area contributed by atoms with E-state index in [1.807, 2.05) is 23.1 Å². The minimum Gasteiger partial charge on any atom is -0.364 e. The number of nitrogens with two attached hydrogens (primary N) is 1. The molecule has 1 saturated heterocycles. The zero-order valence-electron chi connectivity index (χ0n) is 14.8. The fraction of sp³-hybridized carbons (Fsp3) is 0.632. The van der Waals surface area contributed by atoms with Crippen LogP contribution in [-0.4, -0.2) is 36.1 Å². The van der Waals surface area contributed by atoms with Crippen molar-refractivity contribution in [3.63, 3.8) is 0 Å². The molecule has 1 heterocycles. The van der Waals surface area contributed by atoms with Crippen LogP contribution in [0.3, 0.4) is 0 Å². The number of nitrogens with zero attached hydrogens (tertiary/aromatic N) is 1. The molecule has 1 unspecified atom stereocenters. The molecule has 0 aliphatic carbocycles. The van der Waals surface area contributed by atoms with Crippen molar-refractivity contribution < 1.29 is 9.53 Å². The predicted octanol–water partition coefficient (Wildman–Crippen LogP) is 3.69. The van der Waals surface area contributed by atoms with E-state index >= 15 is 0 Å². The maximum atomic E-state index is 13.0. The van der Waals surface area contributed by atoms with E-state index < -0.39 is 0 Å². The van der Waals surface area contributed by atoms with Crippen LogP contribution >= 0.6 is 12.4 Å². The highest BCUT2D eigenvalue weighted by molar-refractivity contribution is 5.85. The van der Waals surface area contributed by atoms with Gasteiger partial charge in [-0.1, -0.05) is 50.6 Å². The first-order valence-corrected chi connectivity index (χ1v) is 8.92. The van der Waals surface area contributed by atoms with Crippen molar-refractivity contribution in [1.82, 2.24) is 4.90 Å². The van der Waals surface area contributed by atoms with Crippen molar-refractivity contribution in [2.24, 2.45) is 5.73 Å². The van der Waals surface area contributed by atoms with Gasteiger partial charge < -0.3 is 15.4 Å². The van der Waals surface area contributed by atoms with Crippen molar-refractivity contribution in [1.29, 1.82) is 0 Å². The van der Waals surface area contributed by atoms with Crippen molar-refractivity contribution in [3.8, 4) is 0 Å². The number of carbonyl (C=O) groups excluding carboxylic acids is 1. The summed E-state index contributed by atoms with van der Waals surface area (Å²) in [5.74, 6) is 0.130. The molecule has 5 heteroatoms. The highest BCUT2D eigenvalue weighted by atomic mass is 35.5. The fourth-order valence-electron chi connectivity index (χ4n) is 3.30. The van der Waals surface area contributed by atoms with Crippen LogP contribution in [0, 0.1) is 0 Å². The summed E-state index contributed by atoms with van der Waals surface area (Å²) < 4.78 is 5.85. The lowest BCUT2D eigenvalue weighted by Gasteiger charge is -2.33.